The molecule has 7 heteroatoms. The number of hydrogen-bond acceptors (Lipinski definition) is 3. The van der Waals surface area contributed by atoms with E-state index < -0.39 is 0 Å². The van der Waals surface area contributed by atoms with Crippen LogP contribution < -0.4 is 5.32 Å². The molecule has 0 unspecified atom stereocenters. The molecule has 0 aliphatic carbocycles. The highest BCUT2D eigenvalue weighted by molar-refractivity contribution is 6.42. The summed E-state index contributed by atoms with van der Waals surface area (Å²) in [6, 6.07) is 12.6. The number of aromatic nitrogens is 2. The van der Waals surface area contributed by atoms with Crippen LogP contribution in [0.15, 0.2) is 42.5 Å². The second kappa shape index (κ2) is 8.54. The number of imidazole rings is 1. The lowest BCUT2D eigenvalue weighted by atomic mass is 10.2. The molecule has 0 spiro atoms. The third kappa shape index (κ3) is 4.18. The first-order chi connectivity index (χ1) is 12.6. The van der Waals surface area contributed by atoms with Gasteiger partial charge in [0.2, 0.25) is 5.95 Å². The Morgan fingerprint density at radius 3 is 2.77 bits per heavy atom. The first-order valence-electron chi connectivity index (χ1n) is 8.39. The standard InChI is InChI=1S/C19H19Cl2N3O2/c1-2-26-11-5-10-24-17-7-4-3-6-16(17)22-19(24)23-18(25)13-8-9-14(20)15(21)12-13/h3-4,6-9,12H,2,5,10-11H2,1H3,(H,22,23,25). The molecule has 0 atom stereocenters. The number of halogens is 2. The van der Waals surface area contributed by atoms with E-state index in [-0.39, 0.29) is 5.91 Å². The zero-order valence-corrected chi connectivity index (χ0v) is 15.8. The molecule has 0 aliphatic rings. The smallest absolute Gasteiger partial charge is 0.258 e. The number of hydrogen-bond donors (Lipinski definition) is 1. The molecule has 5 nitrogen and oxygen atoms in total. The van der Waals surface area contributed by atoms with Crippen molar-refractivity contribution in [2.45, 2.75) is 19.9 Å². The summed E-state index contributed by atoms with van der Waals surface area (Å²) < 4.78 is 7.40. The molecule has 0 fully saturated rings. The molecule has 1 heterocycles. The zero-order chi connectivity index (χ0) is 18.5. The van der Waals surface area contributed by atoms with Crippen LogP contribution in [0.3, 0.4) is 0 Å². The average Bonchev–Trinajstić information content (AvgIpc) is 2.98. The van der Waals surface area contributed by atoms with Crippen molar-refractivity contribution in [2.75, 3.05) is 18.5 Å². The van der Waals surface area contributed by atoms with Crippen LogP contribution in [0.1, 0.15) is 23.7 Å². The second-order valence-corrected chi connectivity index (χ2v) is 6.52. The lowest BCUT2D eigenvalue weighted by Gasteiger charge is -2.10. The van der Waals surface area contributed by atoms with Gasteiger partial charge >= 0.3 is 0 Å². The van der Waals surface area contributed by atoms with Crippen LogP contribution >= 0.6 is 23.2 Å². The van der Waals surface area contributed by atoms with Crippen molar-refractivity contribution in [1.82, 2.24) is 9.55 Å². The molecule has 26 heavy (non-hydrogen) atoms. The highest BCUT2D eigenvalue weighted by Gasteiger charge is 2.15. The number of anilines is 1. The number of aryl methyl sites for hydroxylation is 1. The Labute approximate surface area is 161 Å². The van der Waals surface area contributed by atoms with Crippen LogP contribution in [0.25, 0.3) is 11.0 Å². The van der Waals surface area contributed by atoms with E-state index in [0.29, 0.717) is 41.3 Å². The van der Waals surface area contributed by atoms with E-state index in [0.717, 1.165) is 17.5 Å². The molecule has 2 aromatic carbocycles. The molecule has 0 saturated carbocycles. The van der Waals surface area contributed by atoms with Gasteiger partial charge < -0.3 is 9.30 Å². The van der Waals surface area contributed by atoms with Crippen molar-refractivity contribution in [3.8, 4) is 0 Å². The third-order valence-corrected chi connectivity index (χ3v) is 4.68. The molecule has 1 N–H and O–H groups in total. The van der Waals surface area contributed by atoms with E-state index >= 15 is 0 Å². The minimum atomic E-state index is -0.287. The van der Waals surface area contributed by atoms with Crippen molar-refractivity contribution in [3.63, 3.8) is 0 Å². The van der Waals surface area contributed by atoms with E-state index in [4.69, 9.17) is 27.9 Å². The minimum absolute atomic E-state index is 0.287. The average molecular weight is 392 g/mol. The van der Waals surface area contributed by atoms with Gasteiger partial charge in [0.1, 0.15) is 0 Å². The normalized spacial score (nSPS) is 11.0. The van der Waals surface area contributed by atoms with Crippen molar-refractivity contribution < 1.29 is 9.53 Å². The number of nitrogens with zero attached hydrogens (tertiary/aromatic N) is 2. The highest BCUT2D eigenvalue weighted by atomic mass is 35.5. The summed E-state index contributed by atoms with van der Waals surface area (Å²) >= 11 is 11.9. The summed E-state index contributed by atoms with van der Waals surface area (Å²) in [4.78, 5) is 17.1. The lowest BCUT2D eigenvalue weighted by Crippen LogP contribution is -2.16. The molecule has 1 amide bonds. The molecule has 1 aromatic heterocycles. The van der Waals surface area contributed by atoms with Gasteiger partial charge in [0.15, 0.2) is 0 Å². The van der Waals surface area contributed by atoms with Gasteiger partial charge in [-0.2, -0.15) is 0 Å². The largest absolute Gasteiger partial charge is 0.382 e. The van der Waals surface area contributed by atoms with Gasteiger partial charge in [0, 0.05) is 25.3 Å². The van der Waals surface area contributed by atoms with Gasteiger partial charge in [0.05, 0.1) is 21.1 Å². The Bertz CT molecular complexity index is 924. The number of ether oxygens (including phenoxy) is 1. The molecular weight excluding hydrogens is 373 g/mol. The van der Waals surface area contributed by atoms with Crippen LogP contribution in [0.5, 0.6) is 0 Å². The molecule has 0 radical (unpaired) electrons. The fraction of sp³-hybridized carbons (Fsp3) is 0.263. The van der Waals surface area contributed by atoms with Crippen molar-refractivity contribution in [1.29, 1.82) is 0 Å². The number of carbonyl (C=O) groups is 1. The lowest BCUT2D eigenvalue weighted by molar-refractivity contribution is 0.102. The molecular formula is C19H19Cl2N3O2. The number of amides is 1. The van der Waals surface area contributed by atoms with Gasteiger partial charge in [-0.05, 0) is 43.7 Å². The third-order valence-electron chi connectivity index (χ3n) is 3.94. The van der Waals surface area contributed by atoms with Crippen molar-refractivity contribution >= 4 is 46.1 Å². The Morgan fingerprint density at radius 2 is 2.00 bits per heavy atom. The van der Waals surface area contributed by atoms with E-state index in [9.17, 15) is 4.79 Å². The summed E-state index contributed by atoms with van der Waals surface area (Å²) in [6.07, 6.45) is 0.823. The molecule has 0 bridgehead atoms. The maximum atomic E-state index is 12.6. The van der Waals surface area contributed by atoms with Crippen LogP contribution in [0.4, 0.5) is 5.95 Å². The van der Waals surface area contributed by atoms with E-state index in [1.165, 1.54) is 0 Å². The van der Waals surface area contributed by atoms with E-state index in [1.807, 2.05) is 35.8 Å². The van der Waals surface area contributed by atoms with E-state index in [2.05, 4.69) is 10.3 Å². The maximum Gasteiger partial charge on any atom is 0.258 e. The molecule has 3 rings (SSSR count). The number of para-hydroxylation sites is 2. The topological polar surface area (TPSA) is 56.1 Å². The monoisotopic (exact) mass is 391 g/mol. The number of carbonyl (C=O) groups excluding carboxylic acids is 1. The summed E-state index contributed by atoms with van der Waals surface area (Å²) in [6.45, 7) is 4.00. The summed E-state index contributed by atoms with van der Waals surface area (Å²) in [7, 11) is 0. The minimum Gasteiger partial charge on any atom is -0.382 e. The van der Waals surface area contributed by atoms with Crippen LogP contribution in [0.2, 0.25) is 10.0 Å². The first kappa shape index (κ1) is 18.7. The van der Waals surface area contributed by atoms with E-state index in [1.54, 1.807) is 18.2 Å². The summed E-state index contributed by atoms with van der Waals surface area (Å²) in [5.41, 5.74) is 2.22. The molecule has 0 saturated heterocycles. The molecule has 3 aromatic rings. The van der Waals surface area contributed by atoms with Crippen LogP contribution in [-0.4, -0.2) is 28.7 Å². The molecule has 0 aliphatic heterocycles. The number of nitrogens with one attached hydrogen (secondary N) is 1. The second-order valence-electron chi connectivity index (χ2n) is 5.71. The maximum absolute atomic E-state index is 12.6. The predicted molar refractivity (Wildman–Crippen MR) is 105 cm³/mol. The Morgan fingerprint density at radius 1 is 1.19 bits per heavy atom. The number of fused-ring (bicyclic) bond motifs is 1. The SMILES string of the molecule is CCOCCCn1c(NC(=O)c2ccc(Cl)c(Cl)c2)nc2ccccc21. The fourth-order valence-corrected chi connectivity index (χ4v) is 2.98. The highest BCUT2D eigenvalue weighted by Crippen LogP contribution is 2.24. The van der Waals surface area contributed by atoms with Crippen molar-refractivity contribution in [2.24, 2.45) is 0 Å². The van der Waals surface area contributed by atoms with Crippen LogP contribution in [-0.2, 0) is 11.3 Å². The first-order valence-corrected chi connectivity index (χ1v) is 9.15. The summed E-state index contributed by atoms with van der Waals surface area (Å²) in [5, 5.41) is 3.62. The molecule has 136 valence electrons. The van der Waals surface area contributed by atoms with Crippen LogP contribution in [0, 0.1) is 0 Å². The predicted octanol–water partition coefficient (Wildman–Crippen LogP) is 5.02. The van der Waals surface area contributed by atoms with Gasteiger partial charge in [-0.1, -0.05) is 35.3 Å². The van der Waals surface area contributed by atoms with Gasteiger partial charge in [-0.3, -0.25) is 10.1 Å². The van der Waals surface area contributed by atoms with Gasteiger partial charge in [0.25, 0.3) is 5.91 Å². The summed E-state index contributed by atoms with van der Waals surface area (Å²) in [5.74, 6) is 0.212. The van der Waals surface area contributed by atoms with Gasteiger partial charge in [-0.15, -0.1) is 0 Å². The Hall–Kier alpha value is -2.08. The van der Waals surface area contributed by atoms with Crippen molar-refractivity contribution in [3.05, 3.63) is 58.1 Å². The Kier molecular flexibility index (Phi) is 6.14. The Balaban J connectivity index is 1.85. The zero-order valence-electron chi connectivity index (χ0n) is 14.3. The quantitative estimate of drug-likeness (QED) is 0.575. The fourth-order valence-electron chi connectivity index (χ4n) is 2.68. The van der Waals surface area contributed by atoms with Gasteiger partial charge in [-0.25, -0.2) is 4.98 Å². The number of benzene rings is 2. The number of rotatable bonds is 7.